The van der Waals surface area contributed by atoms with Crippen LogP contribution in [0.4, 0.5) is 0 Å². The molecule has 0 spiro atoms. The van der Waals surface area contributed by atoms with Gasteiger partial charge in [0.05, 0.1) is 24.8 Å². The molecule has 0 saturated carbocycles. The smallest absolute Gasteiger partial charge is 0.127 e. The predicted molar refractivity (Wildman–Crippen MR) is 119 cm³/mol. The molecule has 152 valence electrons. The lowest BCUT2D eigenvalue weighted by Gasteiger charge is -2.14. The van der Waals surface area contributed by atoms with Gasteiger partial charge in [0, 0.05) is 24.9 Å². The quantitative estimate of drug-likeness (QED) is 0.720. The highest BCUT2D eigenvalue weighted by Crippen LogP contribution is 2.24. The minimum absolute atomic E-state index is 0.421. The number of hydrogen-bond acceptors (Lipinski definition) is 5. The molecule has 5 nitrogen and oxygen atoms in total. The third-order valence-corrected chi connectivity index (χ3v) is 5.50. The Balaban J connectivity index is 1.30. The number of ether oxygens (including phenoxy) is 1. The number of amidine groups is 2. The molecule has 0 amide bonds. The van der Waals surface area contributed by atoms with Gasteiger partial charge in [0.2, 0.25) is 0 Å². The molecule has 2 aliphatic heterocycles. The maximum absolute atomic E-state index is 6.03. The molecule has 2 unspecified atom stereocenters. The molecular weight excluding hydrogens is 360 g/mol. The van der Waals surface area contributed by atoms with E-state index in [0.717, 1.165) is 62.2 Å². The molecule has 2 atom stereocenters. The molecule has 29 heavy (non-hydrogen) atoms. The molecule has 0 bridgehead atoms. The second kappa shape index (κ2) is 9.12. The van der Waals surface area contributed by atoms with E-state index in [-0.39, 0.29) is 0 Å². The van der Waals surface area contributed by atoms with Crippen molar-refractivity contribution in [3.8, 4) is 11.5 Å². The first-order valence-corrected chi connectivity index (χ1v) is 10.6. The minimum atomic E-state index is 0.421. The van der Waals surface area contributed by atoms with E-state index >= 15 is 0 Å². The maximum atomic E-state index is 6.03. The van der Waals surface area contributed by atoms with Crippen LogP contribution in [0.1, 0.15) is 25.0 Å². The Morgan fingerprint density at radius 3 is 1.48 bits per heavy atom. The Morgan fingerprint density at radius 1 is 0.724 bits per heavy atom. The van der Waals surface area contributed by atoms with Gasteiger partial charge in [-0.25, -0.2) is 0 Å². The van der Waals surface area contributed by atoms with Crippen LogP contribution in [-0.4, -0.2) is 37.9 Å². The summed E-state index contributed by atoms with van der Waals surface area (Å²) < 4.78 is 6.03. The first-order chi connectivity index (χ1) is 14.2. The predicted octanol–water partition coefficient (Wildman–Crippen LogP) is 3.84. The molecule has 2 heterocycles. The van der Waals surface area contributed by atoms with E-state index in [1.165, 1.54) is 11.1 Å². The van der Waals surface area contributed by atoms with Crippen molar-refractivity contribution in [2.75, 3.05) is 26.2 Å². The van der Waals surface area contributed by atoms with E-state index < -0.39 is 0 Å². The average Bonchev–Trinajstić information content (AvgIpc) is 3.45. The van der Waals surface area contributed by atoms with Gasteiger partial charge in [-0.3, -0.25) is 9.98 Å². The fourth-order valence-corrected chi connectivity index (χ4v) is 3.92. The number of aliphatic imine (C=N–C) groups is 2. The summed E-state index contributed by atoms with van der Waals surface area (Å²) in [5, 5.41) is 6.74. The summed E-state index contributed by atoms with van der Waals surface area (Å²) >= 11 is 0. The Hall–Kier alpha value is -2.82. The zero-order valence-corrected chi connectivity index (χ0v) is 17.3. The summed E-state index contributed by atoms with van der Waals surface area (Å²) in [4.78, 5) is 9.05. The van der Waals surface area contributed by atoms with E-state index in [0.29, 0.717) is 11.8 Å². The Labute approximate surface area is 173 Å². The van der Waals surface area contributed by atoms with Crippen molar-refractivity contribution in [2.24, 2.45) is 21.8 Å². The summed E-state index contributed by atoms with van der Waals surface area (Å²) in [6.45, 7) is 8.18. The first-order valence-electron chi connectivity index (χ1n) is 10.6. The normalized spacial score (nSPS) is 17.7. The van der Waals surface area contributed by atoms with E-state index in [1.807, 2.05) is 24.3 Å². The topological polar surface area (TPSA) is 58.0 Å². The first kappa shape index (κ1) is 19.5. The largest absolute Gasteiger partial charge is 0.457 e. The van der Waals surface area contributed by atoms with Gasteiger partial charge in [-0.15, -0.1) is 0 Å². The van der Waals surface area contributed by atoms with E-state index in [2.05, 4.69) is 58.7 Å². The molecule has 0 fully saturated rings. The molecule has 2 aromatic rings. The Kier molecular flexibility index (Phi) is 6.13. The molecular formula is C24H30N4O. The van der Waals surface area contributed by atoms with Gasteiger partial charge in [-0.1, -0.05) is 38.1 Å². The van der Waals surface area contributed by atoms with Crippen molar-refractivity contribution in [3.05, 3.63) is 59.7 Å². The number of benzene rings is 2. The average molecular weight is 391 g/mol. The Bertz CT molecular complexity index is 797. The highest BCUT2D eigenvalue weighted by atomic mass is 16.5. The van der Waals surface area contributed by atoms with Gasteiger partial charge >= 0.3 is 0 Å². The lowest BCUT2D eigenvalue weighted by atomic mass is 10.00. The molecule has 0 saturated heterocycles. The van der Waals surface area contributed by atoms with Gasteiger partial charge in [0.1, 0.15) is 11.5 Å². The van der Waals surface area contributed by atoms with Crippen LogP contribution < -0.4 is 15.4 Å². The highest BCUT2D eigenvalue weighted by Gasteiger charge is 2.15. The second-order valence-corrected chi connectivity index (χ2v) is 7.99. The lowest BCUT2D eigenvalue weighted by molar-refractivity contribution is 0.482. The van der Waals surface area contributed by atoms with Gasteiger partial charge in [0.25, 0.3) is 0 Å². The zero-order chi connectivity index (χ0) is 20.1. The van der Waals surface area contributed by atoms with Crippen LogP contribution >= 0.6 is 0 Å². The molecule has 2 aliphatic rings. The molecule has 2 N–H and O–H groups in total. The monoisotopic (exact) mass is 390 g/mol. The van der Waals surface area contributed by atoms with Crippen molar-refractivity contribution in [3.63, 3.8) is 0 Å². The lowest BCUT2D eigenvalue weighted by Crippen LogP contribution is -2.26. The molecule has 5 heteroatoms. The van der Waals surface area contributed by atoms with E-state index in [4.69, 9.17) is 4.74 Å². The van der Waals surface area contributed by atoms with Crippen molar-refractivity contribution < 1.29 is 4.74 Å². The van der Waals surface area contributed by atoms with Crippen LogP contribution in [0.15, 0.2) is 58.5 Å². The molecule has 0 radical (unpaired) electrons. The van der Waals surface area contributed by atoms with Crippen molar-refractivity contribution in [1.29, 1.82) is 0 Å². The van der Waals surface area contributed by atoms with Gasteiger partial charge < -0.3 is 15.4 Å². The van der Waals surface area contributed by atoms with Crippen LogP contribution in [0.25, 0.3) is 0 Å². The summed E-state index contributed by atoms with van der Waals surface area (Å²) in [6, 6.07) is 16.8. The van der Waals surface area contributed by atoms with Crippen LogP contribution in [0, 0.1) is 11.8 Å². The zero-order valence-electron chi connectivity index (χ0n) is 17.3. The SMILES string of the molecule is CC(Cc1ccc(Oc2ccc(CC(C)C3=NCCN3)cc2)cc1)C1=NCCN1. The summed E-state index contributed by atoms with van der Waals surface area (Å²) in [5.41, 5.74) is 2.60. The van der Waals surface area contributed by atoms with Crippen molar-refractivity contribution in [1.82, 2.24) is 10.6 Å². The van der Waals surface area contributed by atoms with Gasteiger partial charge in [-0.05, 0) is 48.2 Å². The maximum Gasteiger partial charge on any atom is 0.127 e. The van der Waals surface area contributed by atoms with Gasteiger partial charge in [-0.2, -0.15) is 0 Å². The van der Waals surface area contributed by atoms with Crippen LogP contribution in [0.5, 0.6) is 11.5 Å². The minimum Gasteiger partial charge on any atom is -0.457 e. The summed E-state index contributed by atoms with van der Waals surface area (Å²) in [5.74, 6) is 4.84. The fourth-order valence-electron chi connectivity index (χ4n) is 3.92. The number of rotatable bonds is 8. The van der Waals surface area contributed by atoms with Crippen LogP contribution in [0.2, 0.25) is 0 Å². The summed E-state index contributed by atoms with van der Waals surface area (Å²) in [7, 11) is 0. The fraction of sp³-hybridized carbons (Fsp3) is 0.417. The van der Waals surface area contributed by atoms with Crippen LogP contribution in [0.3, 0.4) is 0 Å². The molecule has 0 aliphatic carbocycles. The van der Waals surface area contributed by atoms with E-state index in [9.17, 15) is 0 Å². The Morgan fingerprint density at radius 2 is 1.14 bits per heavy atom. The van der Waals surface area contributed by atoms with Crippen LogP contribution in [-0.2, 0) is 12.8 Å². The second-order valence-electron chi connectivity index (χ2n) is 7.99. The standard InChI is InChI=1S/C24H30N4O/c1-17(23-25-11-12-26-23)15-19-3-7-21(8-4-19)29-22-9-5-20(6-10-22)16-18(2)24-27-13-14-28-24/h3-10,17-18H,11-16H2,1-2H3,(H,25,26)(H,27,28). The highest BCUT2D eigenvalue weighted by molar-refractivity contribution is 5.86. The van der Waals surface area contributed by atoms with E-state index in [1.54, 1.807) is 0 Å². The molecule has 2 aromatic carbocycles. The number of nitrogens with zero attached hydrogens (tertiary/aromatic N) is 2. The van der Waals surface area contributed by atoms with Crippen molar-refractivity contribution in [2.45, 2.75) is 26.7 Å². The molecule has 0 aromatic heterocycles. The van der Waals surface area contributed by atoms with Gasteiger partial charge in [0.15, 0.2) is 0 Å². The van der Waals surface area contributed by atoms with Crippen molar-refractivity contribution >= 4 is 11.7 Å². The third-order valence-electron chi connectivity index (χ3n) is 5.50. The number of hydrogen-bond donors (Lipinski definition) is 2. The summed E-state index contributed by atoms with van der Waals surface area (Å²) in [6.07, 6.45) is 1.97. The third kappa shape index (κ3) is 5.17. The number of nitrogens with one attached hydrogen (secondary N) is 2. The molecule has 4 rings (SSSR count).